The molecule has 6 nitrogen and oxygen atoms in total. The van der Waals surface area contributed by atoms with Crippen molar-refractivity contribution < 1.29 is 9.59 Å². The van der Waals surface area contributed by atoms with Crippen molar-refractivity contribution in [2.45, 2.75) is 27.3 Å². The number of anilines is 1. The molecular formula is C23H25ClN4O2. The second-order valence-electron chi connectivity index (χ2n) is 6.91. The molecule has 0 atom stereocenters. The minimum Gasteiger partial charge on any atom is -0.339 e. The molecule has 0 bridgehead atoms. The third kappa shape index (κ3) is 4.71. The van der Waals surface area contributed by atoms with Crippen LogP contribution in [0.25, 0.3) is 0 Å². The summed E-state index contributed by atoms with van der Waals surface area (Å²) in [5.74, 6) is -0.426. The molecule has 1 N–H and O–H groups in total. The second kappa shape index (κ2) is 9.59. The largest absolute Gasteiger partial charge is 0.339 e. The van der Waals surface area contributed by atoms with Gasteiger partial charge in [0, 0.05) is 24.3 Å². The maximum absolute atomic E-state index is 12.9. The number of carbonyl (C=O) groups is 2. The van der Waals surface area contributed by atoms with Gasteiger partial charge >= 0.3 is 0 Å². The van der Waals surface area contributed by atoms with Crippen molar-refractivity contribution in [2.24, 2.45) is 0 Å². The highest BCUT2D eigenvalue weighted by Gasteiger charge is 2.21. The van der Waals surface area contributed by atoms with Gasteiger partial charge in [0.25, 0.3) is 11.8 Å². The van der Waals surface area contributed by atoms with Gasteiger partial charge in [-0.1, -0.05) is 48.0 Å². The van der Waals surface area contributed by atoms with Crippen molar-refractivity contribution >= 4 is 29.1 Å². The molecule has 0 fully saturated rings. The summed E-state index contributed by atoms with van der Waals surface area (Å²) in [5.41, 5.74) is 2.97. The minimum atomic E-state index is -0.357. The lowest BCUT2D eigenvalue weighted by molar-refractivity contribution is 0.0772. The van der Waals surface area contributed by atoms with E-state index in [4.69, 9.17) is 11.6 Å². The molecule has 2 aromatic carbocycles. The molecule has 2 amide bonds. The fraction of sp³-hybridized carbons (Fsp3) is 0.261. The first kappa shape index (κ1) is 21.6. The van der Waals surface area contributed by atoms with Crippen LogP contribution in [0.4, 0.5) is 5.69 Å². The zero-order valence-corrected chi connectivity index (χ0v) is 18.1. The molecule has 0 saturated carbocycles. The van der Waals surface area contributed by atoms with Crippen LogP contribution in [0.1, 0.15) is 45.8 Å². The van der Waals surface area contributed by atoms with Crippen molar-refractivity contribution in [3.63, 3.8) is 0 Å². The summed E-state index contributed by atoms with van der Waals surface area (Å²) in [6, 6.07) is 16.7. The lowest BCUT2D eigenvalue weighted by atomic mass is 10.1. The topological polar surface area (TPSA) is 67.2 Å². The second-order valence-corrected chi connectivity index (χ2v) is 7.26. The van der Waals surface area contributed by atoms with E-state index in [0.717, 1.165) is 5.56 Å². The molecule has 0 radical (unpaired) electrons. The normalized spacial score (nSPS) is 10.7. The average molecular weight is 425 g/mol. The van der Waals surface area contributed by atoms with Gasteiger partial charge in [0.2, 0.25) is 0 Å². The van der Waals surface area contributed by atoms with E-state index in [2.05, 4.69) is 10.4 Å². The van der Waals surface area contributed by atoms with E-state index in [-0.39, 0.29) is 17.0 Å². The number of aryl methyl sites for hydroxylation is 1. The Morgan fingerprint density at radius 1 is 1.07 bits per heavy atom. The zero-order chi connectivity index (χ0) is 21.7. The molecular weight excluding hydrogens is 400 g/mol. The SMILES string of the molecule is CCN(CC)C(=O)c1cccc(NC(=O)c2c(C)nn(Cc3ccccc3)c2Cl)c1. The van der Waals surface area contributed by atoms with Gasteiger partial charge in [-0.25, -0.2) is 4.68 Å². The van der Waals surface area contributed by atoms with Crippen molar-refractivity contribution in [1.29, 1.82) is 0 Å². The maximum Gasteiger partial charge on any atom is 0.260 e. The number of aromatic nitrogens is 2. The Kier molecular flexibility index (Phi) is 6.90. The average Bonchev–Trinajstić information content (AvgIpc) is 3.02. The lowest BCUT2D eigenvalue weighted by Gasteiger charge is -2.19. The fourth-order valence-corrected chi connectivity index (χ4v) is 3.61. The Balaban J connectivity index is 1.80. The van der Waals surface area contributed by atoms with E-state index in [9.17, 15) is 9.59 Å². The highest BCUT2D eigenvalue weighted by molar-refractivity contribution is 6.33. The highest BCUT2D eigenvalue weighted by Crippen LogP contribution is 2.23. The molecule has 30 heavy (non-hydrogen) atoms. The molecule has 3 aromatic rings. The number of rotatable bonds is 7. The first-order valence-corrected chi connectivity index (χ1v) is 10.3. The predicted octanol–water partition coefficient (Wildman–Crippen LogP) is 4.63. The summed E-state index contributed by atoms with van der Waals surface area (Å²) < 4.78 is 1.61. The summed E-state index contributed by atoms with van der Waals surface area (Å²) in [4.78, 5) is 27.2. The highest BCUT2D eigenvalue weighted by atomic mass is 35.5. The van der Waals surface area contributed by atoms with Gasteiger partial charge in [-0.3, -0.25) is 9.59 Å². The smallest absolute Gasteiger partial charge is 0.260 e. The van der Waals surface area contributed by atoms with Crippen LogP contribution in [0.15, 0.2) is 54.6 Å². The molecule has 3 rings (SSSR count). The quantitative estimate of drug-likeness (QED) is 0.601. The Labute approximate surface area is 181 Å². The first-order valence-electron chi connectivity index (χ1n) is 9.92. The first-order chi connectivity index (χ1) is 14.4. The van der Waals surface area contributed by atoms with Crippen molar-refractivity contribution in [1.82, 2.24) is 14.7 Å². The van der Waals surface area contributed by atoms with Crippen LogP contribution in [-0.4, -0.2) is 39.6 Å². The molecule has 0 aliphatic rings. The number of halogens is 1. The molecule has 1 heterocycles. The van der Waals surface area contributed by atoms with E-state index in [1.165, 1.54) is 0 Å². The van der Waals surface area contributed by atoms with Gasteiger partial charge in [0.15, 0.2) is 0 Å². The van der Waals surface area contributed by atoms with E-state index < -0.39 is 0 Å². The molecule has 0 saturated heterocycles. The predicted molar refractivity (Wildman–Crippen MR) is 119 cm³/mol. The van der Waals surface area contributed by atoms with Crippen LogP contribution in [0.2, 0.25) is 5.15 Å². The van der Waals surface area contributed by atoms with Crippen LogP contribution in [-0.2, 0) is 6.54 Å². The van der Waals surface area contributed by atoms with Gasteiger partial charge in [-0.2, -0.15) is 5.10 Å². The number of benzene rings is 2. The Morgan fingerprint density at radius 3 is 2.43 bits per heavy atom. The number of nitrogens with zero attached hydrogens (tertiary/aromatic N) is 3. The standard InChI is InChI=1S/C23H25ClN4O2/c1-4-27(5-2)23(30)18-12-9-13-19(14-18)25-22(29)20-16(3)26-28(21(20)24)15-17-10-7-6-8-11-17/h6-14H,4-5,15H2,1-3H3,(H,25,29). The molecule has 156 valence electrons. The summed E-state index contributed by atoms with van der Waals surface area (Å²) >= 11 is 6.48. The number of amides is 2. The van der Waals surface area contributed by atoms with Crippen molar-refractivity contribution in [2.75, 3.05) is 18.4 Å². The van der Waals surface area contributed by atoms with Crippen molar-refractivity contribution in [3.8, 4) is 0 Å². The monoisotopic (exact) mass is 424 g/mol. The summed E-state index contributed by atoms with van der Waals surface area (Å²) in [6.07, 6.45) is 0. The van der Waals surface area contributed by atoms with E-state index in [0.29, 0.717) is 42.1 Å². The summed E-state index contributed by atoms with van der Waals surface area (Å²) in [6.45, 7) is 7.35. The zero-order valence-electron chi connectivity index (χ0n) is 17.4. The number of hydrogen-bond acceptors (Lipinski definition) is 3. The molecule has 0 spiro atoms. The molecule has 0 unspecified atom stereocenters. The van der Waals surface area contributed by atoms with Crippen LogP contribution in [0.5, 0.6) is 0 Å². The van der Waals surface area contributed by atoms with E-state index in [1.54, 1.807) is 40.8 Å². The minimum absolute atomic E-state index is 0.0685. The summed E-state index contributed by atoms with van der Waals surface area (Å²) in [5, 5.41) is 7.54. The van der Waals surface area contributed by atoms with E-state index >= 15 is 0 Å². The Morgan fingerprint density at radius 2 is 1.77 bits per heavy atom. The van der Waals surface area contributed by atoms with Crippen LogP contribution >= 0.6 is 11.6 Å². The Bertz CT molecular complexity index is 1040. The lowest BCUT2D eigenvalue weighted by Crippen LogP contribution is -2.30. The van der Waals surface area contributed by atoms with Crippen LogP contribution in [0, 0.1) is 6.92 Å². The fourth-order valence-electron chi connectivity index (χ4n) is 3.29. The van der Waals surface area contributed by atoms with Gasteiger partial charge in [-0.15, -0.1) is 0 Å². The van der Waals surface area contributed by atoms with Gasteiger partial charge in [0.1, 0.15) is 5.15 Å². The van der Waals surface area contributed by atoms with Crippen LogP contribution < -0.4 is 5.32 Å². The third-order valence-electron chi connectivity index (χ3n) is 4.89. The number of hydrogen-bond donors (Lipinski definition) is 1. The summed E-state index contributed by atoms with van der Waals surface area (Å²) in [7, 11) is 0. The maximum atomic E-state index is 12.9. The molecule has 0 aliphatic carbocycles. The van der Waals surface area contributed by atoms with Gasteiger partial charge in [-0.05, 0) is 44.5 Å². The molecule has 0 aliphatic heterocycles. The molecule has 7 heteroatoms. The van der Waals surface area contributed by atoms with E-state index in [1.807, 2.05) is 44.2 Å². The Hall–Kier alpha value is -3.12. The number of nitrogens with one attached hydrogen (secondary N) is 1. The third-order valence-corrected chi connectivity index (χ3v) is 5.27. The van der Waals surface area contributed by atoms with Crippen molar-refractivity contribution in [3.05, 3.63) is 82.1 Å². The van der Waals surface area contributed by atoms with Gasteiger partial charge < -0.3 is 10.2 Å². The molecule has 1 aromatic heterocycles. The van der Waals surface area contributed by atoms with Crippen LogP contribution in [0.3, 0.4) is 0 Å². The number of carbonyl (C=O) groups excluding carboxylic acids is 2. The van der Waals surface area contributed by atoms with Gasteiger partial charge in [0.05, 0.1) is 17.8 Å².